The molecule has 4 nitrogen and oxygen atoms in total. The van der Waals surface area contributed by atoms with Gasteiger partial charge in [-0.15, -0.1) is 0 Å². The molecular weight excluding hydrogens is 259 g/mol. The lowest BCUT2D eigenvalue weighted by atomic mass is 10.1. The second-order valence-corrected chi connectivity index (χ2v) is 5.15. The quantitative estimate of drug-likeness (QED) is 0.812. The van der Waals surface area contributed by atoms with Crippen molar-refractivity contribution in [2.75, 3.05) is 0 Å². The van der Waals surface area contributed by atoms with Crippen LogP contribution in [-0.4, -0.2) is 10.1 Å². The summed E-state index contributed by atoms with van der Waals surface area (Å²) in [6.45, 7) is 2.18. The minimum atomic E-state index is -0.251. The second kappa shape index (κ2) is 5.61. The Balaban J connectivity index is 1.62. The van der Waals surface area contributed by atoms with E-state index < -0.39 is 0 Å². The summed E-state index contributed by atoms with van der Waals surface area (Å²) in [5, 5.41) is 3.94. The number of aryl methyl sites for hydroxylation is 1. The molecule has 0 radical (unpaired) electrons. The van der Waals surface area contributed by atoms with Gasteiger partial charge >= 0.3 is 0 Å². The van der Waals surface area contributed by atoms with E-state index in [2.05, 4.69) is 10.1 Å². The Bertz CT molecular complexity index is 593. The van der Waals surface area contributed by atoms with Crippen molar-refractivity contribution in [2.24, 2.45) is 5.92 Å². The van der Waals surface area contributed by atoms with E-state index in [1.807, 2.05) is 6.92 Å². The summed E-state index contributed by atoms with van der Waals surface area (Å²) in [5.74, 6) is 2.35. The average Bonchev–Trinajstić information content (AvgIpc) is 3.15. The molecule has 1 heterocycles. The van der Waals surface area contributed by atoms with Gasteiger partial charge in [0.2, 0.25) is 0 Å². The Morgan fingerprint density at radius 2 is 2.25 bits per heavy atom. The van der Waals surface area contributed by atoms with Crippen molar-refractivity contribution in [2.45, 2.75) is 39.2 Å². The largest absolute Gasteiger partial charge is 0.483 e. The van der Waals surface area contributed by atoms with Crippen molar-refractivity contribution in [1.82, 2.24) is 10.1 Å². The third kappa shape index (κ3) is 3.15. The van der Waals surface area contributed by atoms with Crippen molar-refractivity contribution < 1.29 is 13.7 Å². The number of halogens is 1. The molecule has 0 amide bonds. The standard InChI is InChI=1S/C15H17FN2O2/c1-2-11-8-12(16)5-6-13(11)19-9-15-17-14(18-20-15)7-10-3-4-10/h5-6,8,10H,2-4,7,9H2,1H3. The van der Waals surface area contributed by atoms with Gasteiger partial charge in [-0.25, -0.2) is 4.39 Å². The summed E-state index contributed by atoms with van der Waals surface area (Å²) in [6.07, 6.45) is 4.12. The molecule has 20 heavy (non-hydrogen) atoms. The van der Waals surface area contributed by atoms with Crippen LogP contribution in [0.1, 0.15) is 37.0 Å². The number of rotatable bonds is 6. The van der Waals surface area contributed by atoms with Crippen molar-refractivity contribution in [1.29, 1.82) is 0 Å². The predicted molar refractivity (Wildman–Crippen MR) is 70.8 cm³/mol. The molecule has 3 rings (SSSR count). The van der Waals surface area contributed by atoms with E-state index >= 15 is 0 Å². The molecule has 0 saturated heterocycles. The maximum absolute atomic E-state index is 13.1. The zero-order chi connectivity index (χ0) is 13.9. The lowest BCUT2D eigenvalue weighted by Crippen LogP contribution is -1.99. The SMILES string of the molecule is CCc1cc(F)ccc1OCc1nc(CC2CC2)no1. The molecule has 0 aliphatic heterocycles. The van der Waals surface area contributed by atoms with E-state index in [4.69, 9.17) is 9.26 Å². The molecule has 0 bridgehead atoms. The lowest BCUT2D eigenvalue weighted by molar-refractivity contribution is 0.240. The Hall–Kier alpha value is -1.91. The lowest BCUT2D eigenvalue weighted by Gasteiger charge is -2.08. The maximum atomic E-state index is 13.1. The van der Waals surface area contributed by atoms with Crippen molar-refractivity contribution in [3.05, 3.63) is 41.3 Å². The van der Waals surface area contributed by atoms with Gasteiger partial charge in [0.15, 0.2) is 12.4 Å². The third-order valence-corrected chi connectivity index (χ3v) is 3.43. The normalized spacial score (nSPS) is 14.5. The summed E-state index contributed by atoms with van der Waals surface area (Å²) in [6, 6.07) is 4.51. The van der Waals surface area contributed by atoms with Crippen LogP contribution in [0.15, 0.2) is 22.7 Å². The van der Waals surface area contributed by atoms with Crippen LogP contribution >= 0.6 is 0 Å². The van der Waals surface area contributed by atoms with Crippen LogP contribution in [0.25, 0.3) is 0 Å². The average molecular weight is 276 g/mol. The van der Waals surface area contributed by atoms with Crippen molar-refractivity contribution in [3.63, 3.8) is 0 Å². The molecule has 106 valence electrons. The molecule has 1 aromatic heterocycles. The Labute approximate surface area is 117 Å². The fourth-order valence-electron chi connectivity index (χ4n) is 2.12. The van der Waals surface area contributed by atoms with Crippen LogP contribution < -0.4 is 4.74 Å². The van der Waals surface area contributed by atoms with Crippen LogP contribution in [0, 0.1) is 11.7 Å². The number of hydrogen-bond donors (Lipinski definition) is 0. The molecule has 0 unspecified atom stereocenters. The summed E-state index contributed by atoms with van der Waals surface area (Å²) in [4.78, 5) is 4.30. The van der Waals surface area contributed by atoms with Gasteiger partial charge in [0.05, 0.1) is 0 Å². The van der Waals surface area contributed by atoms with Crippen LogP contribution in [0.5, 0.6) is 5.75 Å². The molecule has 1 aromatic carbocycles. The number of ether oxygens (including phenoxy) is 1. The number of hydrogen-bond acceptors (Lipinski definition) is 4. The van der Waals surface area contributed by atoms with E-state index in [1.165, 1.54) is 25.0 Å². The molecule has 0 atom stereocenters. The molecule has 1 fully saturated rings. The molecule has 0 N–H and O–H groups in total. The summed E-state index contributed by atoms with van der Waals surface area (Å²) < 4.78 is 23.9. The first kappa shape index (κ1) is 13.1. The number of aromatic nitrogens is 2. The van der Waals surface area contributed by atoms with E-state index in [-0.39, 0.29) is 12.4 Å². The molecule has 0 spiro atoms. The summed E-state index contributed by atoms with van der Waals surface area (Å²) in [5.41, 5.74) is 0.836. The first-order valence-corrected chi connectivity index (χ1v) is 6.97. The topological polar surface area (TPSA) is 48.2 Å². The first-order chi connectivity index (χ1) is 9.74. The second-order valence-electron chi connectivity index (χ2n) is 5.15. The maximum Gasteiger partial charge on any atom is 0.264 e. The minimum Gasteiger partial charge on any atom is -0.483 e. The Morgan fingerprint density at radius 3 is 3.00 bits per heavy atom. The fourth-order valence-corrected chi connectivity index (χ4v) is 2.12. The van der Waals surface area contributed by atoms with Gasteiger partial charge in [0.1, 0.15) is 11.6 Å². The van der Waals surface area contributed by atoms with Crippen LogP contribution in [-0.2, 0) is 19.4 Å². The zero-order valence-corrected chi connectivity index (χ0v) is 11.4. The van der Waals surface area contributed by atoms with Crippen LogP contribution in [0.4, 0.5) is 4.39 Å². The van der Waals surface area contributed by atoms with Gasteiger partial charge in [0.25, 0.3) is 5.89 Å². The molecule has 2 aromatic rings. The highest BCUT2D eigenvalue weighted by atomic mass is 19.1. The Morgan fingerprint density at radius 1 is 1.40 bits per heavy atom. The van der Waals surface area contributed by atoms with E-state index in [0.29, 0.717) is 18.1 Å². The molecule has 1 saturated carbocycles. The van der Waals surface area contributed by atoms with Crippen molar-refractivity contribution in [3.8, 4) is 5.75 Å². The monoisotopic (exact) mass is 276 g/mol. The predicted octanol–water partition coefficient (Wildman–Crippen LogP) is 3.30. The van der Waals surface area contributed by atoms with E-state index in [1.54, 1.807) is 6.07 Å². The first-order valence-electron chi connectivity index (χ1n) is 6.97. The summed E-state index contributed by atoms with van der Waals surface area (Å²) in [7, 11) is 0. The molecular formula is C15H17FN2O2. The van der Waals surface area contributed by atoms with Gasteiger partial charge in [-0.2, -0.15) is 4.98 Å². The van der Waals surface area contributed by atoms with Gasteiger partial charge < -0.3 is 9.26 Å². The molecule has 5 heteroatoms. The van der Waals surface area contributed by atoms with Crippen LogP contribution in [0.3, 0.4) is 0 Å². The number of nitrogens with zero attached hydrogens (tertiary/aromatic N) is 2. The Kier molecular flexibility index (Phi) is 3.67. The van der Waals surface area contributed by atoms with E-state index in [0.717, 1.165) is 23.7 Å². The minimum absolute atomic E-state index is 0.219. The van der Waals surface area contributed by atoms with E-state index in [9.17, 15) is 4.39 Å². The molecule has 1 aliphatic carbocycles. The van der Waals surface area contributed by atoms with Gasteiger partial charge in [-0.05, 0) is 48.9 Å². The zero-order valence-electron chi connectivity index (χ0n) is 11.4. The van der Waals surface area contributed by atoms with Crippen LogP contribution in [0.2, 0.25) is 0 Å². The molecule has 1 aliphatic rings. The van der Waals surface area contributed by atoms with Gasteiger partial charge in [0, 0.05) is 6.42 Å². The highest BCUT2D eigenvalue weighted by Gasteiger charge is 2.24. The summed E-state index contributed by atoms with van der Waals surface area (Å²) >= 11 is 0. The smallest absolute Gasteiger partial charge is 0.264 e. The highest BCUT2D eigenvalue weighted by Crippen LogP contribution is 2.31. The van der Waals surface area contributed by atoms with Crippen molar-refractivity contribution >= 4 is 0 Å². The number of benzene rings is 1. The van der Waals surface area contributed by atoms with Gasteiger partial charge in [-0.3, -0.25) is 0 Å². The highest BCUT2D eigenvalue weighted by molar-refractivity contribution is 5.33. The van der Waals surface area contributed by atoms with Gasteiger partial charge in [-0.1, -0.05) is 12.1 Å². The fraction of sp³-hybridized carbons (Fsp3) is 0.467. The third-order valence-electron chi connectivity index (χ3n) is 3.43.